The summed E-state index contributed by atoms with van der Waals surface area (Å²) >= 11 is 0.575. The summed E-state index contributed by atoms with van der Waals surface area (Å²) in [6.07, 6.45) is 0. The van der Waals surface area contributed by atoms with Crippen LogP contribution in [0.25, 0.3) is 0 Å². The Kier molecular flexibility index (Phi) is 3.06. The van der Waals surface area contributed by atoms with Crippen molar-refractivity contribution in [1.82, 2.24) is 5.16 Å². The average molecular weight is 459 g/mol. The quantitative estimate of drug-likeness (QED) is 0.534. The van der Waals surface area contributed by atoms with Crippen LogP contribution in [-0.4, -0.2) is 25.3 Å². The van der Waals surface area contributed by atoms with Gasteiger partial charge in [-0.1, -0.05) is 11.2 Å². The van der Waals surface area contributed by atoms with Crippen LogP contribution in [0, 0.1) is 27.5 Å². The largest absolute Gasteiger partial charge is 0.337 e. The smallest absolute Gasteiger partial charge is 0.267 e. The lowest BCUT2D eigenvalue weighted by Gasteiger charge is -2.14. The minimum Gasteiger partial charge on any atom is -0.337 e. The Balaban J connectivity index is 2.17. The molecule has 3 aromatic rings. The van der Waals surface area contributed by atoms with Crippen molar-refractivity contribution in [3.63, 3.8) is 0 Å². The van der Waals surface area contributed by atoms with Crippen LogP contribution in [0.5, 0.6) is 0 Å². The van der Waals surface area contributed by atoms with Gasteiger partial charge in [0.15, 0.2) is 5.78 Å². The Morgan fingerprint density at radius 2 is 2.07 bits per heavy atom. The summed E-state index contributed by atoms with van der Waals surface area (Å²) in [5.41, 5.74) is -4.32. The number of aryl methyl sites for hydroxylation is 1. The minimum absolute atomic E-state index is 0.113. The van der Waals surface area contributed by atoms with Crippen molar-refractivity contribution in [2.24, 2.45) is 0 Å². The lowest BCUT2D eigenvalue weighted by Crippen LogP contribution is -2.20. The first kappa shape index (κ1) is 11.4. The molecule has 0 bridgehead atoms. The number of nitrogens with zero attached hydrogens (tertiary/aromatic N) is 1. The Hall–Kier alpha value is -2.98. The van der Waals surface area contributed by atoms with Crippen LogP contribution in [0.4, 0.5) is 11.6 Å². The molecule has 2 aromatic heterocycles. The lowest BCUT2D eigenvalue weighted by atomic mass is 10.0. The van der Waals surface area contributed by atoms with E-state index in [1.54, 1.807) is 0 Å². The van der Waals surface area contributed by atoms with Gasteiger partial charge in [-0.05, 0) is 63.0 Å². The van der Waals surface area contributed by atoms with Crippen LogP contribution in [-0.2, 0) is 10.0 Å². The number of benzene rings is 1. The molecular weight excluding hydrogens is 426 g/mol. The maximum absolute atomic E-state index is 13.3. The van der Waals surface area contributed by atoms with E-state index in [1.807, 2.05) is 4.72 Å². The zero-order chi connectivity index (χ0) is 31.5. The van der Waals surface area contributed by atoms with Gasteiger partial charge >= 0.3 is 0 Å². The summed E-state index contributed by atoms with van der Waals surface area (Å²) in [4.78, 5) is 24.6. The molecule has 0 spiro atoms. The molecule has 10 heteroatoms. The molecule has 0 radical (unpaired) electrons. The Morgan fingerprint density at radius 3 is 2.73 bits per heavy atom. The number of hydrogen-bond donors (Lipinski definition) is 2. The van der Waals surface area contributed by atoms with Crippen molar-refractivity contribution in [2.75, 3.05) is 10.0 Å². The Morgan fingerprint density at radius 1 is 1.27 bits per heavy atom. The van der Waals surface area contributed by atoms with Crippen molar-refractivity contribution < 1.29 is 37.6 Å². The number of amides is 1. The van der Waals surface area contributed by atoms with Gasteiger partial charge in [0, 0.05) is 23.5 Å². The van der Waals surface area contributed by atoms with E-state index in [2.05, 4.69) is 10.5 Å². The third-order valence-electron chi connectivity index (χ3n) is 3.81. The van der Waals surface area contributed by atoms with Crippen LogP contribution in [0.3, 0.4) is 0 Å². The fourth-order valence-corrected chi connectivity index (χ4v) is 4.70. The second kappa shape index (κ2) is 8.04. The summed E-state index contributed by atoms with van der Waals surface area (Å²) in [6, 6.07) is -1.13. The second-order valence-electron chi connectivity index (χ2n) is 5.95. The first-order valence-corrected chi connectivity index (χ1v) is 10.4. The molecule has 158 valence electrons. The predicted molar refractivity (Wildman–Crippen MR) is 115 cm³/mol. The number of sulfonamides is 1. The summed E-state index contributed by atoms with van der Waals surface area (Å²) in [6.45, 7) is -7.05. The molecule has 3 rings (SSSR count). The number of thiophene rings is 1. The van der Waals surface area contributed by atoms with Gasteiger partial charge in [-0.25, -0.2) is 13.1 Å². The summed E-state index contributed by atoms with van der Waals surface area (Å²) in [7, 11) is -4.73. The highest BCUT2D eigenvalue weighted by atomic mass is 32.2. The van der Waals surface area contributed by atoms with Gasteiger partial charge in [-0.3, -0.25) is 9.59 Å². The van der Waals surface area contributed by atoms with E-state index in [1.165, 1.54) is 12.3 Å². The monoisotopic (exact) mass is 458 g/mol. The molecule has 0 aliphatic rings. The van der Waals surface area contributed by atoms with Gasteiger partial charge in [0.05, 0.1) is 14.1 Å². The number of carbonyl (C=O) groups excluding carboxylic acids is 2. The molecule has 8 nitrogen and oxygen atoms in total. The van der Waals surface area contributed by atoms with Crippen molar-refractivity contribution in [3.8, 4) is 0 Å². The normalized spacial score (nSPS) is 18.0. The molecule has 30 heavy (non-hydrogen) atoms. The van der Waals surface area contributed by atoms with Crippen molar-refractivity contribution in [1.29, 1.82) is 0 Å². The summed E-state index contributed by atoms with van der Waals surface area (Å²) in [5, 5.41) is 6.74. The SMILES string of the molecule is [2H]c1c(C(C)=O)c(NC(=O)c2sccc2S(=O)(=O)Nc2onc(C)c2C([2H])([2H])[2H])c(C([2H])([2H])[2H])c([2H])c1C([2H])([2H])[2H]. The fourth-order valence-electron chi connectivity index (χ4n) is 2.38. The van der Waals surface area contributed by atoms with Crippen LogP contribution in [0.1, 0.15) is 64.4 Å². The molecule has 0 unspecified atom stereocenters. The van der Waals surface area contributed by atoms with E-state index in [0.717, 1.165) is 13.0 Å². The maximum atomic E-state index is 13.3. The predicted octanol–water partition coefficient (Wildman–Crippen LogP) is 4.23. The van der Waals surface area contributed by atoms with Crippen LogP contribution in [0.15, 0.2) is 32.9 Å². The summed E-state index contributed by atoms with van der Waals surface area (Å²) in [5.74, 6) is -3.00. The molecule has 2 heterocycles. The van der Waals surface area contributed by atoms with E-state index in [0.29, 0.717) is 11.3 Å². The summed E-state index contributed by atoms with van der Waals surface area (Å²) < 4.78 is 119. The van der Waals surface area contributed by atoms with E-state index >= 15 is 0 Å². The van der Waals surface area contributed by atoms with Crippen molar-refractivity contribution in [3.05, 3.63) is 56.4 Å². The highest BCUT2D eigenvalue weighted by Gasteiger charge is 2.27. The van der Waals surface area contributed by atoms with Crippen LogP contribution in [0.2, 0.25) is 0 Å². The molecule has 0 atom stereocenters. The number of carbonyl (C=O) groups is 2. The minimum atomic E-state index is -4.73. The number of hydrogen-bond acceptors (Lipinski definition) is 7. The fraction of sp³-hybridized carbons (Fsp3) is 0.250. The van der Waals surface area contributed by atoms with Crippen molar-refractivity contribution in [2.45, 2.75) is 39.3 Å². The molecule has 0 saturated carbocycles. The molecule has 0 aliphatic heterocycles. The zero-order valence-electron chi connectivity index (χ0n) is 26.5. The third kappa shape index (κ3) is 4.14. The topological polar surface area (TPSA) is 118 Å². The molecule has 1 aromatic carbocycles. The average Bonchev–Trinajstić information content (AvgIpc) is 3.38. The number of ketones is 1. The van der Waals surface area contributed by atoms with Gasteiger partial charge in [0.25, 0.3) is 15.9 Å². The highest BCUT2D eigenvalue weighted by Crippen LogP contribution is 2.29. The molecule has 2 N–H and O–H groups in total. The number of nitrogens with one attached hydrogen (secondary N) is 2. The van der Waals surface area contributed by atoms with Gasteiger partial charge in [0.2, 0.25) is 5.88 Å². The van der Waals surface area contributed by atoms with E-state index in [4.69, 9.17) is 19.6 Å². The molecule has 0 saturated heterocycles. The van der Waals surface area contributed by atoms with E-state index < -0.39 is 98.0 Å². The Labute approximate surface area is 193 Å². The van der Waals surface area contributed by atoms with Gasteiger partial charge in [-0.15, -0.1) is 11.3 Å². The first-order chi connectivity index (χ1) is 18.5. The zero-order valence-corrected chi connectivity index (χ0v) is 17.1. The van der Waals surface area contributed by atoms with Gasteiger partial charge < -0.3 is 9.84 Å². The maximum Gasteiger partial charge on any atom is 0.267 e. The highest BCUT2D eigenvalue weighted by molar-refractivity contribution is 7.93. The van der Waals surface area contributed by atoms with Crippen LogP contribution < -0.4 is 10.0 Å². The number of anilines is 2. The third-order valence-corrected chi connectivity index (χ3v) is 6.22. The number of Topliss-reactive ketones (excluding diaryl/α,β-unsaturated/α-hetero) is 1. The standard InChI is InChI=1S/C20H21N3O5S2/c1-10-8-11(2)17(15(9-10)14(5)24)21-19(25)18-16(6-7-29-18)30(26,27)23-20-12(3)13(4)22-28-20/h6-9,23H,1-5H3,(H,21,25)/i1D3,2D3,3D3,8D,9D. The Bertz CT molecular complexity index is 1650. The lowest BCUT2D eigenvalue weighted by molar-refractivity contribution is 0.101. The first-order valence-electron chi connectivity index (χ1n) is 13.6. The van der Waals surface area contributed by atoms with E-state index in [-0.39, 0.29) is 5.69 Å². The van der Waals surface area contributed by atoms with E-state index in [9.17, 15) is 18.0 Å². The number of rotatable bonds is 6. The van der Waals surface area contributed by atoms with Crippen molar-refractivity contribution >= 4 is 44.6 Å². The van der Waals surface area contributed by atoms with Gasteiger partial charge in [-0.2, -0.15) is 0 Å². The molecule has 0 fully saturated rings. The van der Waals surface area contributed by atoms with Gasteiger partial charge in [0.1, 0.15) is 9.77 Å². The molecule has 0 aliphatic carbocycles. The molecule has 1 amide bonds. The molecular formula is C20H21N3O5S2. The van der Waals surface area contributed by atoms with Crippen LogP contribution >= 0.6 is 11.3 Å². The second-order valence-corrected chi connectivity index (χ2v) is 8.52. The number of aromatic nitrogens is 1.